The van der Waals surface area contributed by atoms with E-state index in [-0.39, 0.29) is 0 Å². The topological polar surface area (TPSA) is 27.1 Å². The third kappa shape index (κ3) is 2.53. The molecule has 2 nitrogen and oxygen atoms in total. The number of nitrogens with zero attached hydrogens (tertiary/aromatic N) is 1. The van der Waals surface area contributed by atoms with Crippen LogP contribution >= 0.6 is 0 Å². The Morgan fingerprint density at radius 3 is 2.27 bits per heavy atom. The van der Waals surface area contributed by atoms with E-state index in [2.05, 4.69) is 11.8 Å². The maximum Gasteiger partial charge on any atom is 0.0989 e. The van der Waals surface area contributed by atoms with Gasteiger partial charge in [0.05, 0.1) is 5.84 Å². The minimum Gasteiger partial charge on any atom is -0.360 e. The zero-order chi connectivity index (χ0) is 10.7. The van der Waals surface area contributed by atoms with Crippen LogP contribution in [0.25, 0.3) is 0 Å². The minimum absolute atomic E-state index is 0.600. The van der Waals surface area contributed by atoms with Crippen molar-refractivity contribution < 1.29 is 0 Å². The van der Waals surface area contributed by atoms with Crippen LogP contribution in [-0.4, -0.2) is 23.8 Å². The molecule has 1 aliphatic heterocycles. The zero-order valence-corrected chi connectivity index (χ0v) is 9.97. The molecule has 2 fully saturated rings. The van der Waals surface area contributed by atoms with Crippen LogP contribution in [-0.2, 0) is 0 Å². The van der Waals surface area contributed by atoms with E-state index in [1.807, 2.05) is 0 Å². The molecule has 15 heavy (non-hydrogen) atoms. The molecule has 0 radical (unpaired) electrons. The summed E-state index contributed by atoms with van der Waals surface area (Å²) in [6.45, 7) is 4.59. The Hall–Kier alpha value is -0.530. The van der Waals surface area contributed by atoms with E-state index in [4.69, 9.17) is 5.41 Å². The first-order valence-electron chi connectivity index (χ1n) is 6.64. The molecule has 0 bridgehead atoms. The van der Waals surface area contributed by atoms with Crippen LogP contribution in [0.15, 0.2) is 0 Å². The molecule has 0 aromatic carbocycles. The van der Waals surface area contributed by atoms with Crippen molar-refractivity contribution in [3.05, 3.63) is 0 Å². The van der Waals surface area contributed by atoms with Gasteiger partial charge in [-0.2, -0.15) is 0 Å². The van der Waals surface area contributed by atoms with E-state index in [9.17, 15) is 0 Å². The van der Waals surface area contributed by atoms with Crippen molar-refractivity contribution >= 4 is 5.84 Å². The van der Waals surface area contributed by atoms with Gasteiger partial charge in [-0.25, -0.2) is 0 Å². The fraction of sp³-hybridized carbons (Fsp3) is 0.923. The summed E-state index contributed by atoms with van der Waals surface area (Å²) in [4.78, 5) is 2.35. The highest BCUT2D eigenvalue weighted by molar-refractivity contribution is 5.82. The van der Waals surface area contributed by atoms with Gasteiger partial charge in [-0.15, -0.1) is 0 Å². The molecule has 1 N–H and O–H groups in total. The van der Waals surface area contributed by atoms with Crippen molar-refractivity contribution in [2.45, 2.75) is 51.9 Å². The van der Waals surface area contributed by atoms with E-state index in [1.54, 1.807) is 0 Å². The fourth-order valence-electron chi connectivity index (χ4n) is 3.04. The van der Waals surface area contributed by atoms with Gasteiger partial charge in [-0.05, 0) is 31.6 Å². The molecular formula is C13H24N2. The van der Waals surface area contributed by atoms with Crippen molar-refractivity contribution in [2.75, 3.05) is 13.1 Å². The molecule has 0 atom stereocenters. The Morgan fingerprint density at radius 1 is 1.13 bits per heavy atom. The average molecular weight is 208 g/mol. The van der Waals surface area contributed by atoms with E-state index in [0.29, 0.717) is 5.92 Å². The third-order valence-electron chi connectivity index (χ3n) is 4.27. The maximum atomic E-state index is 8.23. The van der Waals surface area contributed by atoms with Gasteiger partial charge in [0.2, 0.25) is 0 Å². The normalized spacial score (nSPS) is 24.7. The van der Waals surface area contributed by atoms with Gasteiger partial charge in [0.15, 0.2) is 0 Å². The monoisotopic (exact) mass is 208 g/mol. The van der Waals surface area contributed by atoms with E-state index in [0.717, 1.165) is 24.8 Å². The Labute approximate surface area is 93.6 Å². The molecule has 0 spiro atoms. The van der Waals surface area contributed by atoms with E-state index >= 15 is 0 Å². The highest BCUT2D eigenvalue weighted by Gasteiger charge is 2.26. The minimum atomic E-state index is 0.600. The van der Waals surface area contributed by atoms with Crippen LogP contribution in [0.2, 0.25) is 0 Å². The van der Waals surface area contributed by atoms with Crippen molar-refractivity contribution in [1.82, 2.24) is 4.90 Å². The van der Waals surface area contributed by atoms with E-state index in [1.165, 1.54) is 44.9 Å². The Bertz CT molecular complexity index is 211. The number of hydrogen-bond donors (Lipinski definition) is 1. The summed E-state index contributed by atoms with van der Waals surface area (Å²) in [5.74, 6) is 2.49. The van der Waals surface area contributed by atoms with Gasteiger partial charge in [0.25, 0.3) is 0 Å². The molecule has 0 aromatic rings. The summed E-state index contributed by atoms with van der Waals surface area (Å²) in [7, 11) is 0. The van der Waals surface area contributed by atoms with Gasteiger partial charge in [-0.1, -0.05) is 26.2 Å². The highest BCUT2D eigenvalue weighted by Crippen LogP contribution is 2.29. The lowest BCUT2D eigenvalue weighted by atomic mass is 9.93. The standard InChI is InChI=1S/C13H24N2/c1-2-11-7-9-15(10-8-11)13(14)12-5-3-4-6-12/h11-12,14H,2-10H2,1H3. The molecule has 0 aromatic heterocycles. The number of amidine groups is 1. The number of rotatable bonds is 2. The number of likely N-dealkylation sites (tertiary alicyclic amines) is 1. The largest absolute Gasteiger partial charge is 0.360 e. The zero-order valence-electron chi connectivity index (χ0n) is 9.97. The number of nitrogens with one attached hydrogen (secondary N) is 1. The lowest BCUT2D eigenvalue weighted by Crippen LogP contribution is -2.40. The third-order valence-corrected chi connectivity index (χ3v) is 4.27. The predicted molar refractivity (Wildman–Crippen MR) is 64.3 cm³/mol. The molecule has 2 heteroatoms. The molecule has 1 saturated carbocycles. The fourth-order valence-corrected chi connectivity index (χ4v) is 3.04. The van der Waals surface area contributed by atoms with Crippen LogP contribution < -0.4 is 0 Å². The first-order valence-corrected chi connectivity index (χ1v) is 6.64. The maximum absolute atomic E-state index is 8.23. The Balaban J connectivity index is 1.81. The van der Waals surface area contributed by atoms with Crippen LogP contribution in [0.3, 0.4) is 0 Å². The summed E-state index contributed by atoms with van der Waals surface area (Å²) in [5.41, 5.74) is 0. The first kappa shape index (κ1) is 11.0. The molecule has 0 unspecified atom stereocenters. The quantitative estimate of drug-likeness (QED) is 0.547. The van der Waals surface area contributed by atoms with E-state index < -0.39 is 0 Å². The van der Waals surface area contributed by atoms with Gasteiger partial charge in [-0.3, -0.25) is 5.41 Å². The summed E-state index contributed by atoms with van der Waals surface area (Å²) < 4.78 is 0. The average Bonchev–Trinajstić information content (AvgIpc) is 2.82. The van der Waals surface area contributed by atoms with Crippen LogP contribution in [0.4, 0.5) is 0 Å². The molecule has 86 valence electrons. The molecule has 1 saturated heterocycles. The molecule has 0 amide bonds. The lowest BCUT2D eigenvalue weighted by molar-refractivity contribution is 0.251. The molecule has 1 aliphatic carbocycles. The molecule has 2 rings (SSSR count). The highest BCUT2D eigenvalue weighted by atomic mass is 15.2. The summed E-state index contributed by atoms with van der Waals surface area (Å²) in [6.07, 6.45) is 9.18. The van der Waals surface area contributed by atoms with Crippen LogP contribution in [0, 0.1) is 17.2 Å². The summed E-state index contributed by atoms with van der Waals surface area (Å²) in [5, 5.41) is 8.23. The Kier molecular flexibility index (Phi) is 3.66. The molecule has 1 heterocycles. The van der Waals surface area contributed by atoms with Gasteiger partial charge in [0, 0.05) is 19.0 Å². The molecular weight excluding hydrogens is 184 g/mol. The second-order valence-corrected chi connectivity index (χ2v) is 5.21. The summed E-state index contributed by atoms with van der Waals surface area (Å²) in [6, 6.07) is 0. The summed E-state index contributed by atoms with van der Waals surface area (Å²) >= 11 is 0. The van der Waals surface area contributed by atoms with Crippen molar-refractivity contribution in [3.63, 3.8) is 0 Å². The van der Waals surface area contributed by atoms with Gasteiger partial charge in [0.1, 0.15) is 0 Å². The van der Waals surface area contributed by atoms with Crippen LogP contribution in [0.1, 0.15) is 51.9 Å². The van der Waals surface area contributed by atoms with Gasteiger partial charge < -0.3 is 4.90 Å². The molecule has 2 aliphatic rings. The smallest absolute Gasteiger partial charge is 0.0989 e. The van der Waals surface area contributed by atoms with Gasteiger partial charge >= 0.3 is 0 Å². The second-order valence-electron chi connectivity index (χ2n) is 5.21. The first-order chi connectivity index (χ1) is 7.31. The lowest BCUT2D eigenvalue weighted by Gasteiger charge is -2.35. The van der Waals surface area contributed by atoms with Crippen molar-refractivity contribution in [3.8, 4) is 0 Å². The van der Waals surface area contributed by atoms with Crippen molar-refractivity contribution in [1.29, 1.82) is 5.41 Å². The SMILES string of the molecule is CCC1CCN(C(=N)C2CCCC2)CC1. The van der Waals surface area contributed by atoms with Crippen molar-refractivity contribution in [2.24, 2.45) is 11.8 Å². The number of piperidine rings is 1. The predicted octanol–water partition coefficient (Wildman–Crippen LogP) is 3.28. The van der Waals surface area contributed by atoms with Crippen LogP contribution in [0.5, 0.6) is 0 Å². The second kappa shape index (κ2) is 5.00. The number of hydrogen-bond acceptors (Lipinski definition) is 1. The Morgan fingerprint density at radius 2 is 1.73 bits per heavy atom.